The van der Waals surface area contributed by atoms with Crippen molar-refractivity contribution in [3.8, 4) is 22.8 Å². The minimum Gasteiger partial charge on any atom is -0.504 e. The predicted molar refractivity (Wildman–Crippen MR) is 119 cm³/mol. The first-order valence-electron chi connectivity index (χ1n) is 9.35. The molecule has 5 nitrogen and oxygen atoms in total. The lowest BCUT2D eigenvalue weighted by Crippen LogP contribution is -2.19. The summed E-state index contributed by atoms with van der Waals surface area (Å²) in [6.45, 7) is 0. The molecule has 0 fully saturated rings. The van der Waals surface area contributed by atoms with Gasteiger partial charge in [0.2, 0.25) is 0 Å². The molecular formula is C24H14Cl2N2O3. The molecule has 0 unspecified atom stereocenters. The minimum absolute atomic E-state index is 0.0556. The fourth-order valence-electron chi connectivity index (χ4n) is 3.45. The molecular weight excluding hydrogens is 435 g/mol. The Bertz CT molecular complexity index is 1420. The summed E-state index contributed by atoms with van der Waals surface area (Å²) in [6.07, 6.45) is 0. The van der Waals surface area contributed by atoms with E-state index in [-0.39, 0.29) is 17.1 Å². The fourth-order valence-corrected chi connectivity index (χ4v) is 3.71. The van der Waals surface area contributed by atoms with E-state index < -0.39 is 5.95 Å². The average Bonchev–Trinajstić information content (AvgIpc) is 3.31. The van der Waals surface area contributed by atoms with Crippen molar-refractivity contribution in [2.24, 2.45) is 9.98 Å². The maximum Gasteiger partial charge on any atom is 0.294 e. The molecule has 0 radical (unpaired) electrons. The molecule has 0 bridgehead atoms. The number of aromatic hydroxyl groups is 2. The van der Waals surface area contributed by atoms with Crippen LogP contribution in [0.25, 0.3) is 16.7 Å². The summed E-state index contributed by atoms with van der Waals surface area (Å²) in [6, 6.07) is 21.2. The van der Waals surface area contributed by atoms with E-state index in [1.54, 1.807) is 48.5 Å². The van der Waals surface area contributed by atoms with Crippen molar-refractivity contribution < 1.29 is 14.6 Å². The van der Waals surface area contributed by atoms with Crippen LogP contribution in [-0.4, -0.2) is 10.2 Å². The van der Waals surface area contributed by atoms with Crippen LogP contribution in [0.15, 0.2) is 93.0 Å². The van der Waals surface area contributed by atoms with Gasteiger partial charge in [-0.05, 0) is 47.5 Å². The van der Waals surface area contributed by atoms with Crippen molar-refractivity contribution >= 4 is 28.8 Å². The van der Waals surface area contributed by atoms with Crippen LogP contribution in [0.2, 0.25) is 10.0 Å². The van der Waals surface area contributed by atoms with E-state index in [4.69, 9.17) is 27.6 Å². The molecule has 0 saturated carbocycles. The average molecular weight is 449 g/mol. The largest absolute Gasteiger partial charge is 0.504 e. The zero-order valence-electron chi connectivity index (χ0n) is 15.9. The standard InChI is InChI=1S/C24H14Cl2N2O3/c25-15-9-5-13(6-10-15)19-21(29)22(31-24(19)30)20(14-7-11-16(26)12-8-14)23-27-17-3-1-2-4-18(17)28-23/h1-12,29-30H. The summed E-state index contributed by atoms with van der Waals surface area (Å²) in [4.78, 5) is 9.20. The van der Waals surface area contributed by atoms with Crippen LogP contribution in [0.4, 0.5) is 0 Å². The number of hydrogen-bond donors (Lipinski definition) is 2. The van der Waals surface area contributed by atoms with Crippen molar-refractivity contribution in [3.63, 3.8) is 0 Å². The maximum absolute atomic E-state index is 11.1. The first kappa shape index (κ1) is 19.4. The van der Waals surface area contributed by atoms with E-state index in [2.05, 4.69) is 9.98 Å². The molecule has 7 heteroatoms. The summed E-state index contributed by atoms with van der Waals surface area (Å²) in [7, 11) is 0. The predicted octanol–water partition coefficient (Wildman–Crippen LogP) is 5.33. The molecule has 152 valence electrons. The molecule has 0 aliphatic carbocycles. The summed E-state index contributed by atoms with van der Waals surface area (Å²) in [5, 5.41) is 24.1. The summed E-state index contributed by atoms with van der Waals surface area (Å²) >= 11 is 12.0. The highest BCUT2D eigenvalue weighted by molar-refractivity contribution is 6.30. The first-order valence-corrected chi connectivity index (χ1v) is 10.1. The lowest BCUT2D eigenvalue weighted by atomic mass is 10.0. The Labute approximate surface area is 186 Å². The molecule has 2 N–H and O–H groups in total. The third-order valence-corrected chi connectivity index (χ3v) is 5.42. The van der Waals surface area contributed by atoms with Crippen molar-refractivity contribution in [1.29, 1.82) is 0 Å². The smallest absolute Gasteiger partial charge is 0.294 e. The van der Waals surface area contributed by atoms with Gasteiger partial charge >= 0.3 is 0 Å². The topological polar surface area (TPSA) is 78.3 Å². The SMILES string of the molecule is Oc1oc(C(=C2N=c3ccccc3=N2)c2ccc(Cl)cc2)c(O)c1-c1ccc(Cl)cc1. The van der Waals surface area contributed by atoms with E-state index in [0.29, 0.717) is 43.3 Å². The van der Waals surface area contributed by atoms with Gasteiger partial charge in [-0.15, -0.1) is 0 Å². The number of hydrogen-bond acceptors (Lipinski definition) is 5. The maximum atomic E-state index is 11.1. The highest BCUT2D eigenvalue weighted by atomic mass is 35.5. The van der Waals surface area contributed by atoms with Crippen molar-refractivity contribution in [1.82, 2.24) is 0 Å². The van der Waals surface area contributed by atoms with Crippen molar-refractivity contribution in [3.05, 3.63) is 111 Å². The van der Waals surface area contributed by atoms with Gasteiger partial charge in [0.25, 0.3) is 5.95 Å². The Hall–Kier alpha value is -3.54. The fraction of sp³-hybridized carbons (Fsp3) is 0. The molecule has 3 aromatic carbocycles. The second-order valence-corrected chi connectivity index (χ2v) is 7.76. The first-order chi connectivity index (χ1) is 15.0. The number of para-hydroxylation sites is 2. The Balaban J connectivity index is 1.77. The Morgan fingerprint density at radius 3 is 1.87 bits per heavy atom. The molecule has 2 heterocycles. The second-order valence-electron chi connectivity index (χ2n) is 6.88. The molecule has 1 aliphatic heterocycles. The minimum atomic E-state index is -0.419. The molecule has 0 amide bonds. The van der Waals surface area contributed by atoms with E-state index in [9.17, 15) is 10.2 Å². The second kappa shape index (κ2) is 7.61. The quantitative estimate of drug-likeness (QED) is 0.444. The molecule has 5 rings (SSSR count). The van der Waals surface area contributed by atoms with E-state index in [1.165, 1.54) is 0 Å². The van der Waals surface area contributed by atoms with Gasteiger partial charge in [-0.3, -0.25) is 0 Å². The van der Waals surface area contributed by atoms with Gasteiger partial charge in [0.05, 0.1) is 16.3 Å². The van der Waals surface area contributed by atoms with Gasteiger partial charge in [-0.25, -0.2) is 9.98 Å². The monoisotopic (exact) mass is 448 g/mol. The molecule has 0 spiro atoms. The molecule has 0 saturated heterocycles. The van der Waals surface area contributed by atoms with Gasteiger partial charge in [-0.1, -0.05) is 59.6 Å². The highest BCUT2D eigenvalue weighted by Gasteiger charge is 2.27. The van der Waals surface area contributed by atoms with Crippen LogP contribution in [0, 0.1) is 0 Å². The van der Waals surface area contributed by atoms with Crippen LogP contribution in [0.1, 0.15) is 11.3 Å². The van der Waals surface area contributed by atoms with Crippen LogP contribution in [0.5, 0.6) is 11.7 Å². The van der Waals surface area contributed by atoms with Gasteiger partial charge < -0.3 is 14.6 Å². The molecule has 1 aromatic heterocycles. The molecule has 0 atom stereocenters. The van der Waals surface area contributed by atoms with E-state index in [1.807, 2.05) is 24.3 Å². The molecule has 1 aliphatic rings. The number of benzene rings is 3. The highest BCUT2D eigenvalue weighted by Crippen LogP contribution is 2.47. The van der Waals surface area contributed by atoms with E-state index in [0.717, 1.165) is 0 Å². The van der Waals surface area contributed by atoms with Crippen LogP contribution < -0.4 is 10.7 Å². The van der Waals surface area contributed by atoms with Gasteiger partial charge in [0.1, 0.15) is 5.56 Å². The summed E-state index contributed by atoms with van der Waals surface area (Å²) < 4.78 is 5.65. The van der Waals surface area contributed by atoms with Gasteiger partial charge in [0, 0.05) is 10.0 Å². The van der Waals surface area contributed by atoms with Crippen LogP contribution >= 0.6 is 23.2 Å². The normalized spacial score (nSPS) is 12.3. The van der Waals surface area contributed by atoms with Gasteiger partial charge in [-0.2, -0.15) is 0 Å². The number of halogens is 2. The van der Waals surface area contributed by atoms with E-state index >= 15 is 0 Å². The summed E-state index contributed by atoms with van der Waals surface area (Å²) in [5.74, 6) is -0.230. The number of rotatable bonds is 3. The third kappa shape index (κ3) is 3.48. The van der Waals surface area contributed by atoms with Crippen molar-refractivity contribution in [2.75, 3.05) is 0 Å². The number of fused-ring (bicyclic) bond motifs is 1. The number of nitrogens with zero attached hydrogens (tertiary/aromatic N) is 2. The number of furan rings is 1. The Morgan fingerprint density at radius 2 is 1.29 bits per heavy atom. The third-order valence-electron chi connectivity index (χ3n) is 4.92. The Kier molecular flexibility index (Phi) is 4.77. The van der Waals surface area contributed by atoms with Crippen molar-refractivity contribution in [2.45, 2.75) is 0 Å². The van der Waals surface area contributed by atoms with Crippen LogP contribution in [-0.2, 0) is 0 Å². The lowest BCUT2D eigenvalue weighted by Gasteiger charge is -2.07. The zero-order valence-corrected chi connectivity index (χ0v) is 17.4. The summed E-state index contributed by atoms with van der Waals surface area (Å²) in [5.41, 5.74) is 1.82. The molecule has 31 heavy (non-hydrogen) atoms. The molecule has 4 aromatic rings. The Morgan fingerprint density at radius 1 is 0.742 bits per heavy atom. The lowest BCUT2D eigenvalue weighted by molar-refractivity contribution is 0.329. The zero-order chi connectivity index (χ0) is 21.5. The van der Waals surface area contributed by atoms with Crippen LogP contribution in [0.3, 0.4) is 0 Å². The van der Waals surface area contributed by atoms with Gasteiger partial charge in [0.15, 0.2) is 17.3 Å².